The van der Waals surface area contributed by atoms with E-state index < -0.39 is 13.2 Å². The van der Waals surface area contributed by atoms with Gasteiger partial charge in [0, 0.05) is 0 Å². The molecule has 0 aliphatic rings. The SMILES string of the molecule is CC(=O)C(C)(C)OP(=O)(OC(C)C)C(C)C. The average molecular weight is 250 g/mol. The van der Waals surface area contributed by atoms with Crippen molar-refractivity contribution in [3.63, 3.8) is 0 Å². The molecular weight excluding hydrogens is 227 g/mol. The number of hydrogen-bond donors (Lipinski definition) is 0. The lowest BCUT2D eigenvalue weighted by molar-refractivity contribution is -0.130. The van der Waals surface area contributed by atoms with Gasteiger partial charge in [-0.1, -0.05) is 13.8 Å². The van der Waals surface area contributed by atoms with E-state index >= 15 is 0 Å². The molecule has 0 spiro atoms. The summed E-state index contributed by atoms with van der Waals surface area (Å²) in [5.41, 5.74) is -1.34. The largest absolute Gasteiger partial charge is 0.334 e. The number of Topliss-reactive ketones (excluding diaryl/α,β-unsaturated/α-hetero) is 1. The molecule has 0 saturated carbocycles. The van der Waals surface area contributed by atoms with E-state index in [4.69, 9.17) is 9.05 Å². The fourth-order valence-corrected chi connectivity index (χ4v) is 2.77. The van der Waals surface area contributed by atoms with Crippen molar-refractivity contribution >= 4 is 13.4 Å². The summed E-state index contributed by atoms with van der Waals surface area (Å²) in [6.45, 7) is 11.7. The number of ketones is 1. The van der Waals surface area contributed by atoms with Gasteiger partial charge in [0.1, 0.15) is 5.60 Å². The highest BCUT2D eigenvalue weighted by Crippen LogP contribution is 2.56. The predicted molar refractivity (Wildman–Crippen MR) is 64.8 cm³/mol. The second-order valence-corrected chi connectivity index (χ2v) is 7.45. The quantitative estimate of drug-likeness (QED) is 0.678. The lowest BCUT2D eigenvalue weighted by atomic mass is 10.1. The molecule has 0 saturated heterocycles. The van der Waals surface area contributed by atoms with Gasteiger partial charge in [0.05, 0.1) is 11.8 Å². The molecule has 0 aliphatic heterocycles. The second kappa shape index (κ2) is 5.44. The highest BCUT2D eigenvalue weighted by molar-refractivity contribution is 7.54. The molecule has 0 aliphatic carbocycles. The molecular formula is C11H23O4P. The van der Waals surface area contributed by atoms with Crippen molar-refractivity contribution < 1.29 is 18.4 Å². The average Bonchev–Trinajstić information content (AvgIpc) is 2.00. The molecule has 0 aromatic heterocycles. The number of rotatable bonds is 6. The maximum absolute atomic E-state index is 12.4. The first kappa shape index (κ1) is 15.8. The summed E-state index contributed by atoms with van der Waals surface area (Å²) in [6.07, 6.45) is -0.198. The zero-order valence-electron chi connectivity index (χ0n) is 11.2. The van der Waals surface area contributed by atoms with Gasteiger partial charge in [-0.3, -0.25) is 13.9 Å². The summed E-state index contributed by atoms with van der Waals surface area (Å²) in [4.78, 5) is 11.3. The molecule has 0 aromatic rings. The van der Waals surface area contributed by atoms with E-state index in [1.807, 2.05) is 0 Å². The second-order valence-electron chi connectivity index (χ2n) is 4.95. The van der Waals surface area contributed by atoms with E-state index in [0.717, 1.165) is 0 Å². The van der Waals surface area contributed by atoms with E-state index in [0.29, 0.717) is 0 Å². The predicted octanol–water partition coefficient (Wildman–Crippen LogP) is 3.40. The fourth-order valence-electron chi connectivity index (χ4n) is 0.925. The standard InChI is InChI=1S/C11H23O4P/c1-8(2)14-16(13,9(3)4)15-11(6,7)10(5)12/h8-9H,1-7H3. The Kier molecular flexibility index (Phi) is 5.37. The van der Waals surface area contributed by atoms with Crippen LogP contribution < -0.4 is 0 Å². The Labute approximate surface area is 98.2 Å². The molecule has 0 aromatic carbocycles. The van der Waals surface area contributed by atoms with E-state index in [9.17, 15) is 9.36 Å². The summed E-state index contributed by atoms with van der Waals surface area (Å²) in [7, 11) is -3.24. The third-order valence-electron chi connectivity index (χ3n) is 2.19. The van der Waals surface area contributed by atoms with Gasteiger partial charge < -0.3 is 4.52 Å². The maximum Gasteiger partial charge on any atom is 0.334 e. The number of hydrogen-bond acceptors (Lipinski definition) is 4. The highest BCUT2D eigenvalue weighted by atomic mass is 31.2. The maximum atomic E-state index is 12.4. The Bertz CT molecular complexity index is 294. The Morgan fingerprint density at radius 2 is 1.62 bits per heavy atom. The molecule has 96 valence electrons. The minimum atomic E-state index is -3.24. The summed E-state index contributed by atoms with van der Waals surface area (Å²) in [5.74, 6) is -0.166. The van der Waals surface area contributed by atoms with Crippen LogP contribution in [0.1, 0.15) is 48.5 Å². The van der Waals surface area contributed by atoms with Crippen LogP contribution in [0.2, 0.25) is 0 Å². The van der Waals surface area contributed by atoms with E-state index in [1.54, 1.807) is 41.5 Å². The van der Waals surface area contributed by atoms with Crippen molar-refractivity contribution in [3.8, 4) is 0 Å². The molecule has 1 unspecified atom stereocenters. The van der Waals surface area contributed by atoms with Gasteiger partial charge in [-0.2, -0.15) is 0 Å². The van der Waals surface area contributed by atoms with Crippen LogP contribution in [-0.4, -0.2) is 23.1 Å². The van der Waals surface area contributed by atoms with E-state index in [-0.39, 0.29) is 17.5 Å². The lowest BCUT2D eigenvalue weighted by Crippen LogP contribution is -2.33. The van der Waals surface area contributed by atoms with Crippen LogP contribution >= 0.6 is 7.60 Å². The minimum Gasteiger partial charge on any atom is -0.306 e. The first-order valence-electron chi connectivity index (χ1n) is 5.51. The molecule has 4 nitrogen and oxygen atoms in total. The third kappa shape index (κ3) is 4.36. The van der Waals surface area contributed by atoms with Gasteiger partial charge in [-0.25, -0.2) is 0 Å². The van der Waals surface area contributed by atoms with E-state index in [2.05, 4.69) is 0 Å². The van der Waals surface area contributed by atoms with Crippen LogP contribution in [0, 0.1) is 0 Å². The topological polar surface area (TPSA) is 52.6 Å². The van der Waals surface area contributed by atoms with Crippen LogP contribution in [0.15, 0.2) is 0 Å². The van der Waals surface area contributed by atoms with Crippen LogP contribution in [0.4, 0.5) is 0 Å². The number of carbonyl (C=O) groups excluding carboxylic acids is 1. The van der Waals surface area contributed by atoms with Gasteiger partial charge in [0.25, 0.3) is 0 Å². The molecule has 0 N–H and O–H groups in total. The summed E-state index contributed by atoms with van der Waals surface area (Å²) >= 11 is 0. The minimum absolute atomic E-state index is 0.166. The van der Waals surface area contributed by atoms with Gasteiger partial charge in [0.15, 0.2) is 5.78 Å². The normalized spacial score (nSPS) is 16.6. The lowest BCUT2D eigenvalue weighted by Gasteiger charge is -2.31. The molecule has 0 bridgehead atoms. The van der Waals surface area contributed by atoms with Crippen LogP contribution in [0.25, 0.3) is 0 Å². The van der Waals surface area contributed by atoms with Gasteiger partial charge in [0.2, 0.25) is 0 Å². The van der Waals surface area contributed by atoms with Crippen LogP contribution in [0.5, 0.6) is 0 Å². The smallest absolute Gasteiger partial charge is 0.306 e. The van der Waals surface area contributed by atoms with Gasteiger partial charge in [-0.05, 0) is 34.6 Å². The summed E-state index contributed by atoms with van der Waals surface area (Å²) < 4.78 is 23.3. The van der Waals surface area contributed by atoms with Crippen LogP contribution in [0.3, 0.4) is 0 Å². The summed E-state index contributed by atoms with van der Waals surface area (Å²) in [5, 5.41) is 0. The Morgan fingerprint density at radius 3 is 1.88 bits per heavy atom. The first-order valence-corrected chi connectivity index (χ1v) is 7.12. The zero-order chi connectivity index (χ0) is 13.1. The molecule has 1 atom stereocenters. The molecule has 0 radical (unpaired) electrons. The third-order valence-corrected chi connectivity index (χ3v) is 4.88. The fraction of sp³-hybridized carbons (Fsp3) is 0.909. The van der Waals surface area contributed by atoms with Crippen molar-refractivity contribution in [1.29, 1.82) is 0 Å². The van der Waals surface area contributed by atoms with E-state index in [1.165, 1.54) is 6.92 Å². The molecule has 0 fully saturated rings. The Morgan fingerprint density at radius 1 is 1.19 bits per heavy atom. The molecule has 0 amide bonds. The van der Waals surface area contributed by atoms with Crippen molar-refractivity contribution in [2.75, 3.05) is 0 Å². The monoisotopic (exact) mass is 250 g/mol. The van der Waals surface area contributed by atoms with Crippen molar-refractivity contribution in [2.24, 2.45) is 0 Å². The molecule has 0 rings (SSSR count). The van der Waals surface area contributed by atoms with Gasteiger partial charge >= 0.3 is 7.60 Å². The van der Waals surface area contributed by atoms with Crippen molar-refractivity contribution in [3.05, 3.63) is 0 Å². The Hall–Kier alpha value is -0.180. The van der Waals surface area contributed by atoms with Crippen molar-refractivity contribution in [2.45, 2.75) is 65.8 Å². The summed E-state index contributed by atoms with van der Waals surface area (Å²) in [6, 6.07) is 0. The Balaban J connectivity index is 4.96. The first-order chi connectivity index (χ1) is 7.01. The van der Waals surface area contributed by atoms with Crippen molar-refractivity contribution in [1.82, 2.24) is 0 Å². The number of carbonyl (C=O) groups is 1. The van der Waals surface area contributed by atoms with Crippen LogP contribution in [-0.2, 0) is 18.4 Å². The van der Waals surface area contributed by atoms with Gasteiger partial charge in [-0.15, -0.1) is 0 Å². The molecule has 5 heteroatoms. The highest BCUT2D eigenvalue weighted by Gasteiger charge is 2.39. The molecule has 0 heterocycles. The molecule has 16 heavy (non-hydrogen) atoms. The zero-order valence-corrected chi connectivity index (χ0v) is 12.1.